The van der Waals surface area contributed by atoms with Gasteiger partial charge in [0.15, 0.2) is 5.69 Å². The van der Waals surface area contributed by atoms with Crippen molar-refractivity contribution in [3.05, 3.63) is 81.8 Å². The number of nitrogens with zero attached hydrogens (tertiary/aromatic N) is 3. The first-order valence-corrected chi connectivity index (χ1v) is 11.5. The molecule has 0 saturated heterocycles. The van der Waals surface area contributed by atoms with E-state index in [0.29, 0.717) is 0 Å². The highest BCUT2D eigenvalue weighted by molar-refractivity contribution is 6.01. The minimum Gasteiger partial charge on any atom is -0.465 e. The molecule has 14 heteroatoms. The molecule has 0 fully saturated rings. The Kier molecular flexibility index (Phi) is 7.32. The summed E-state index contributed by atoms with van der Waals surface area (Å²) in [5.41, 5.74) is -3.20. The molecule has 1 aliphatic heterocycles. The second-order valence-electron chi connectivity index (χ2n) is 8.81. The first-order chi connectivity index (χ1) is 18.2. The van der Waals surface area contributed by atoms with Crippen molar-refractivity contribution in [2.45, 2.75) is 38.4 Å². The summed E-state index contributed by atoms with van der Waals surface area (Å²) < 4.78 is 101. The number of amides is 1. The van der Waals surface area contributed by atoms with E-state index in [1.807, 2.05) is 0 Å². The summed E-state index contributed by atoms with van der Waals surface area (Å²) in [5, 5.41) is 5.96. The number of halogens is 7. The third-order valence-electron chi connectivity index (χ3n) is 6.18. The highest BCUT2D eigenvalue weighted by atomic mass is 19.4. The largest absolute Gasteiger partial charge is 0.465 e. The molecule has 1 atom stereocenters. The lowest BCUT2D eigenvalue weighted by molar-refractivity contribution is -0.142. The number of hydrogen-bond acceptors (Lipinski definition) is 5. The van der Waals surface area contributed by atoms with E-state index in [1.165, 1.54) is 30.0 Å². The van der Waals surface area contributed by atoms with Gasteiger partial charge in [-0.15, -0.1) is 0 Å². The van der Waals surface area contributed by atoms with E-state index in [1.54, 1.807) is 0 Å². The lowest BCUT2D eigenvalue weighted by atomic mass is 10.0. The molecule has 1 amide bonds. The fourth-order valence-electron chi connectivity index (χ4n) is 4.31. The van der Waals surface area contributed by atoms with Gasteiger partial charge >= 0.3 is 18.3 Å². The van der Waals surface area contributed by atoms with Crippen molar-refractivity contribution in [1.82, 2.24) is 15.1 Å². The van der Waals surface area contributed by atoms with Crippen LogP contribution in [-0.2, 0) is 30.2 Å². The number of carbonyl (C=O) groups excluding carboxylic acids is 2. The van der Waals surface area contributed by atoms with E-state index < -0.39 is 52.9 Å². The molecular weight excluding hydrogens is 537 g/mol. The van der Waals surface area contributed by atoms with Gasteiger partial charge in [-0.05, 0) is 42.3 Å². The predicted octanol–water partition coefficient (Wildman–Crippen LogP) is 5.36. The number of benzene rings is 2. The molecule has 2 heterocycles. The van der Waals surface area contributed by atoms with Crippen LogP contribution in [0.1, 0.15) is 56.1 Å². The van der Waals surface area contributed by atoms with Gasteiger partial charge in [0.2, 0.25) is 0 Å². The van der Waals surface area contributed by atoms with Crippen LogP contribution in [0.4, 0.5) is 36.6 Å². The first kappa shape index (κ1) is 27.9. The Balaban J connectivity index is 1.65. The molecule has 208 valence electrons. The Morgan fingerprint density at radius 3 is 2.38 bits per heavy atom. The van der Waals surface area contributed by atoms with Gasteiger partial charge in [0, 0.05) is 13.1 Å². The normalized spacial score (nSPS) is 14.2. The SMILES string of the molecule is COC(=O)c1ccc(C(C)NC(=O)c2c(C(F)(F)F)nn3c2N(Cc2cccc(C(F)(F)F)c2)CC3)cc1F. The Morgan fingerprint density at radius 1 is 1.05 bits per heavy atom. The zero-order chi connectivity index (χ0) is 28.7. The van der Waals surface area contributed by atoms with Crippen molar-refractivity contribution in [2.75, 3.05) is 18.6 Å². The summed E-state index contributed by atoms with van der Waals surface area (Å²) in [6.45, 7) is 1.28. The summed E-state index contributed by atoms with van der Waals surface area (Å²) in [6, 6.07) is 6.73. The van der Waals surface area contributed by atoms with E-state index in [0.717, 1.165) is 36.1 Å². The smallest absolute Gasteiger partial charge is 0.436 e. The molecule has 4 rings (SSSR count). The Hall–Kier alpha value is -4.10. The molecular formula is C25H21F7N4O3. The third kappa shape index (κ3) is 5.68. The van der Waals surface area contributed by atoms with Crippen LogP contribution in [0.25, 0.3) is 0 Å². The number of methoxy groups -OCH3 is 1. The van der Waals surface area contributed by atoms with Crippen LogP contribution in [0.3, 0.4) is 0 Å². The molecule has 39 heavy (non-hydrogen) atoms. The van der Waals surface area contributed by atoms with E-state index in [9.17, 15) is 40.3 Å². The third-order valence-corrected chi connectivity index (χ3v) is 6.18. The maximum Gasteiger partial charge on any atom is 0.436 e. The highest BCUT2D eigenvalue weighted by Gasteiger charge is 2.44. The van der Waals surface area contributed by atoms with E-state index in [2.05, 4.69) is 15.2 Å². The Bertz CT molecular complexity index is 1420. The van der Waals surface area contributed by atoms with Gasteiger partial charge in [0.05, 0.1) is 30.8 Å². The molecule has 3 aromatic rings. The Morgan fingerprint density at radius 2 is 1.77 bits per heavy atom. The average molecular weight is 558 g/mol. The number of hydrogen-bond donors (Lipinski definition) is 1. The van der Waals surface area contributed by atoms with Crippen LogP contribution < -0.4 is 10.2 Å². The van der Waals surface area contributed by atoms with E-state index in [-0.39, 0.29) is 42.1 Å². The van der Waals surface area contributed by atoms with Gasteiger partial charge in [-0.25, -0.2) is 13.9 Å². The van der Waals surface area contributed by atoms with Gasteiger partial charge in [-0.1, -0.05) is 18.2 Å². The summed E-state index contributed by atoms with van der Waals surface area (Å²) in [7, 11) is 1.07. The van der Waals surface area contributed by atoms with Crippen molar-refractivity contribution in [3.63, 3.8) is 0 Å². The van der Waals surface area contributed by atoms with E-state index in [4.69, 9.17) is 0 Å². The molecule has 1 unspecified atom stereocenters. The standard InChI is InChI=1S/C25H21F7N4O3/c1-13(15-6-7-17(18(26)11-15)23(38)39-2)33-21(37)19-20(25(30,31)32)34-36-9-8-35(22(19)36)12-14-4-3-5-16(10-14)24(27,28)29/h3-7,10-11,13H,8-9,12H2,1-2H3,(H,33,37). The minimum atomic E-state index is -5.01. The predicted molar refractivity (Wildman–Crippen MR) is 123 cm³/mol. The number of ether oxygens (including phenoxy) is 1. The van der Waals surface area contributed by atoms with Gasteiger partial charge in [0.1, 0.15) is 17.2 Å². The topological polar surface area (TPSA) is 76.5 Å². The van der Waals surface area contributed by atoms with E-state index >= 15 is 0 Å². The van der Waals surface area contributed by atoms with Crippen molar-refractivity contribution in [1.29, 1.82) is 0 Å². The van der Waals surface area contributed by atoms with Crippen molar-refractivity contribution in [2.24, 2.45) is 0 Å². The molecule has 1 aromatic heterocycles. The molecule has 1 N–H and O–H groups in total. The lowest BCUT2D eigenvalue weighted by Crippen LogP contribution is -2.31. The van der Waals surface area contributed by atoms with Crippen molar-refractivity contribution >= 4 is 17.7 Å². The maximum absolute atomic E-state index is 14.4. The van der Waals surface area contributed by atoms with Crippen molar-refractivity contribution in [3.8, 4) is 0 Å². The number of fused-ring (bicyclic) bond motifs is 1. The molecule has 2 aromatic carbocycles. The molecule has 0 saturated carbocycles. The van der Waals surface area contributed by atoms with Crippen LogP contribution in [0.15, 0.2) is 42.5 Å². The number of rotatable bonds is 6. The zero-order valence-corrected chi connectivity index (χ0v) is 20.5. The fourth-order valence-corrected chi connectivity index (χ4v) is 4.31. The second kappa shape index (κ2) is 10.2. The number of anilines is 1. The van der Waals surface area contributed by atoms with Gasteiger partial charge in [0.25, 0.3) is 5.91 Å². The van der Waals surface area contributed by atoms with Crippen LogP contribution in [0.5, 0.6) is 0 Å². The number of carbonyl (C=O) groups is 2. The minimum absolute atomic E-state index is 0.0274. The number of aromatic nitrogens is 2. The molecule has 0 aliphatic carbocycles. The van der Waals surface area contributed by atoms with Crippen LogP contribution in [0, 0.1) is 5.82 Å². The van der Waals surface area contributed by atoms with Crippen LogP contribution in [0.2, 0.25) is 0 Å². The first-order valence-electron chi connectivity index (χ1n) is 11.5. The molecule has 7 nitrogen and oxygen atoms in total. The van der Waals surface area contributed by atoms with Gasteiger partial charge < -0.3 is 15.0 Å². The summed E-state index contributed by atoms with van der Waals surface area (Å²) >= 11 is 0. The fraction of sp³-hybridized carbons (Fsp3) is 0.320. The lowest BCUT2D eigenvalue weighted by Gasteiger charge is -2.21. The van der Waals surface area contributed by atoms with Crippen LogP contribution >= 0.6 is 0 Å². The van der Waals surface area contributed by atoms with Gasteiger partial charge in [-0.3, -0.25) is 4.79 Å². The highest BCUT2D eigenvalue weighted by Crippen LogP contribution is 2.39. The monoisotopic (exact) mass is 558 g/mol. The summed E-state index contributed by atoms with van der Waals surface area (Å²) in [5.74, 6) is -3.24. The number of esters is 1. The number of nitrogens with one attached hydrogen (secondary N) is 1. The maximum atomic E-state index is 14.4. The molecule has 1 aliphatic rings. The summed E-state index contributed by atoms with van der Waals surface area (Å²) in [4.78, 5) is 26.2. The Labute approximate surface area is 217 Å². The van der Waals surface area contributed by atoms with Crippen LogP contribution in [-0.4, -0.2) is 35.3 Å². The quantitative estimate of drug-likeness (QED) is 0.326. The number of alkyl halides is 6. The van der Waals surface area contributed by atoms with Crippen molar-refractivity contribution < 1.29 is 45.1 Å². The average Bonchev–Trinajstić information content (AvgIpc) is 3.43. The molecule has 0 spiro atoms. The summed E-state index contributed by atoms with van der Waals surface area (Å²) in [6.07, 6.45) is -9.62. The van der Waals surface area contributed by atoms with Gasteiger partial charge in [-0.2, -0.15) is 31.4 Å². The zero-order valence-electron chi connectivity index (χ0n) is 20.5. The molecule has 0 bridgehead atoms. The molecule has 0 radical (unpaired) electrons. The second-order valence-corrected chi connectivity index (χ2v) is 8.81.